The van der Waals surface area contributed by atoms with Crippen molar-refractivity contribution in [3.05, 3.63) is 34.2 Å². The molecule has 0 N–H and O–H groups in total. The van der Waals surface area contributed by atoms with Crippen LogP contribution in [0, 0.1) is 5.92 Å². The van der Waals surface area contributed by atoms with Gasteiger partial charge in [-0.1, -0.05) is 13.3 Å². The highest BCUT2D eigenvalue weighted by Crippen LogP contribution is 2.28. The Morgan fingerprint density at radius 2 is 1.96 bits per heavy atom. The fourth-order valence-electron chi connectivity index (χ4n) is 3.11. The molecular weight excluding hydrogens is 323 g/mol. The van der Waals surface area contributed by atoms with E-state index in [4.69, 9.17) is 0 Å². The molecule has 1 aromatic rings. The molecule has 0 aromatic carbocycles. The van der Waals surface area contributed by atoms with Gasteiger partial charge >= 0.3 is 6.18 Å². The Kier molecular flexibility index (Phi) is 5.37. The number of alkyl halides is 3. The van der Waals surface area contributed by atoms with Crippen molar-refractivity contribution >= 4 is 5.91 Å². The van der Waals surface area contributed by atoms with Crippen molar-refractivity contribution in [1.82, 2.24) is 14.4 Å². The van der Waals surface area contributed by atoms with Gasteiger partial charge in [0.1, 0.15) is 6.54 Å². The van der Waals surface area contributed by atoms with Gasteiger partial charge in [0.25, 0.3) is 5.56 Å². The average molecular weight is 345 g/mol. The summed E-state index contributed by atoms with van der Waals surface area (Å²) in [6.07, 6.45) is -2.93. The zero-order chi connectivity index (χ0) is 18.1. The molecule has 0 spiro atoms. The lowest BCUT2D eigenvalue weighted by atomic mass is 10.0. The van der Waals surface area contributed by atoms with Gasteiger partial charge < -0.3 is 14.4 Å². The van der Waals surface area contributed by atoms with Crippen molar-refractivity contribution in [2.24, 2.45) is 5.92 Å². The van der Waals surface area contributed by atoms with E-state index in [1.165, 1.54) is 0 Å². The lowest BCUT2D eigenvalue weighted by Crippen LogP contribution is -2.38. The van der Waals surface area contributed by atoms with Crippen molar-refractivity contribution in [1.29, 1.82) is 0 Å². The zero-order valence-corrected chi connectivity index (χ0v) is 14.0. The van der Waals surface area contributed by atoms with Crippen LogP contribution in [0.15, 0.2) is 23.1 Å². The number of rotatable bonds is 4. The third-order valence-corrected chi connectivity index (χ3v) is 4.56. The molecule has 1 aliphatic rings. The number of hydrogen-bond acceptors (Lipinski definition) is 3. The summed E-state index contributed by atoms with van der Waals surface area (Å²) in [6.45, 7) is 2.76. The summed E-state index contributed by atoms with van der Waals surface area (Å²) in [7, 11) is 3.89. The minimum absolute atomic E-state index is 0.220. The van der Waals surface area contributed by atoms with E-state index in [0.717, 1.165) is 23.1 Å². The van der Waals surface area contributed by atoms with Gasteiger partial charge in [-0.3, -0.25) is 9.59 Å². The second-order valence-corrected chi connectivity index (χ2v) is 6.38. The van der Waals surface area contributed by atoms with Crippen LogP contribution < -0.4 is 5.56 Å². The molecule has 2 heterocycles. The third kappa shape index (κ3) is 3.98. The number of nitrogens with zero attached hydrogens (tertiary/aromatic N) is 3. The zero-order valence-electron chi connectivity index (χ0n) is 14.0. The smallest absolute Gasteiger partial charge is 0.339 e. The number of pyridine rings is 1. The Hall–Kier alpha value is -1.83. The monoisotopic (exact) mass is 345 g/mol. The van der Waals surface area contributed by atoms with E-state index in [-0.39, 0.29) is 18.5 Å². The van der Waals surface area contributed by atoms with E-state index in [0.29, 0.717) is 25.2 Å². The molecule has 1 saturated heterocycles. The van der Waals surface area contributed by atoms with Crippen molar-refractivity contribution in [3.63, 3.8) is 0 Å². The summed E-state index contributed by atoms with van der Waals surface area (Å²) >= 11 is 0. The van der Waals surface area contributed by atoms with Gasteiger partial charge in [0.15, 0.2) is 0 Å². The number of likely N-dealkylation sites (N-methyl/N-ethyl adjacent to an activating group) is 1. The molecule has 1 aromatic heterocycles. The Labute approximate surface area is 138 Å². The fourth-order valence-corrected chi connectivity index (χ4v) is 3.11. The Morgan fingerprint density at radius 3 is 2.46 bits per heavy atom. The molecule has 1 aliphatic heterocycles. The summed E-state index contributed by atoms with van der Waals surface area (Å²) in [5.74, 6) is -0.0126. The SMILES string of the molecule is CC[C@H]1CN(C(=O)Cn2cc(C(F)(F)F)ccc2=O)C[C@H]1N(C)C. The molecule has 1 fully saturated rings. The van der Waals surface area contributed by atoms with Gasteiger partial charge in [-0.25, -0.2) is 0 Å². The number of hydrogen-bond donors (Lipinski definition) is 0. The van der Waals surface area contributed by atoms with Crippen molar-refractivity contribution < 1.29 is 18.0 Å². The standard InChI is InChI=1S/C16H22F3N3O2/c1-4-11-7-21(9-13(11)20(2)3)15(24)10-22-8-12(16(17,18)19)5-6-14(22)23/h5-6,8,11,13H,4,7,9-10H2,1-3H3/t11-,13+/m0/s1. The van der Waals surface area contributed by atoms with Crippen LogP contribution in [0.1, 0.15) is 18.9 Å². The summed E-state index contributed by atoms with van der Waals surface area (Å²) in [4.78, 5) is 27.9. The lowest BCUT2D eigenvalue weighted by molar-refractivity contribution is -0.138. The predicted molar refractivity (Wildman–Crippen MR) is 83.5 cm³/mol. The highest BCUT2D eigenvalue weighted by molar-refractivity contribution is 5.76. The Bertz CT molecular complexity index is 655. The average Bonchev–Trinajstić information content (AvgIpc) is 2.93. The van der Waals surface area contributed by atoms with Gasteiger partial charge in [0.05, 0.1) is 5.56 Å². The first-order valence-electron chi connectivity index (χ1n) is 7.85. The first kappa shape index (κ1) is 18.5. The summed E-state index contributed by atoms with van der Waals surface area (Å²) in [6, 6.07) is 1.79. The number of likely N-dealkylation sites (tertiary alicyclic amines) is 1. The molecule has 134 valence electrons. The van der Waals surface area contributed by atoms with E-state index in [1.807, 2.05) is 21.0 Å². The molecule has 8 heteroatoms. The van der Waals surface area contributed by atoms with Crippen LogP contribution in [0.3, 0.4) is 0 Å². The molecule has 0 unspecified atom stereocenters. The highest BCUT2D eigenvalue weighted by atomic mass is 19.4. The predicted octanol–water partition coefficient (Wildman–Crippen LogP) is 1.67. The maximum absolute atomic E-state index is 12.8. The molecule has 5 nitrogen and oxygen atoms in total. The minimum atomic E-state index is -4.55. The van der Waals surface area contributed by atoms with Crippen LogP contribution in [0.2, 0.25) is 0 Å². The summed E-state index contributed by atoms with van der Waals surface area (Å²) in [5, 5.41) is 0. The van der Waals surface area contributed by atoms with E-state index >= 15 is 0 Å². The van der Waals surface area contributed by atoms with Crippen LogP contribution in [-0.4, -0.2) is 53.5 Å². The van der Waals surface area contributed by atoms with Crippen molar-refractivity contribution in [2.45, 2.75) is 32.1 Å². The Morgan fingerprint density at radius 1 is 1.29 bits per heavy atom. The number of aromatic nitrogens is 1. The molecular formula is C16H22F3N3O2. The molecule has 2 atom stereocenters. The van der Waals surface area contributed by atoms with Gasteiger partial charge in [0, 0.05) is 31.4 Å². The number of amides is 1. The first-order chi connectivity index (χ1) is 11.1. The van der Waals surface area contributed by atoms with E-state index in [2.05, 4.69) is 4.90 Å². The van der Waals surface area contributed by atoms with Crippen LogP contribution in [-0.2, 0) is 17.5 Å². The summed E-state index contributed by atoms with van der Waals surface area (Å²) in [5.41, 5.74) is -1.55. The Balaban J connectivity index is 2.14. The number of halogens is 3. The summed E-state index contributed by atoms with van der Waals surface area (Å²) < 4.78 is 39.1. The van der Waals surface area contributed by atoms with Crippen LogP contribution >= 0.6 is 0 Å². The highest BCUT2D eigenvalue weighted by Gasteiger charge is 2.35. The van der Waals surface area contributed by atoms with Gasteiger partial charge in [0.2, 0.25) is 5.91 Å². The molecule has 0 bridgehead atoms. The normalized spacial score (nSPS) is 21.5. The van der Waals surface area contributed by atoms with Crippen molar-refractivity contribution in [3.8, 4) is 0 Å². The van der Waals surface area contributed by atoms with Gasteiger partial charge in [-0.15, -0.1) is 0 Å². The molecule has 24 heavy (non-hydrogen) atoms. The van der Waals surface area contributed by atoms with E-state index < -0.39 is 17.3 Å². The second-order valence-electron chi connectivity index (χ2n) is 6.38. The maximum atomic E-state index is 12.8. The molecule has 0 saturated carbocycles. The van der Waals surface area contributed by atoms with E-state index in [1.54, 1.807) is 4.90 Å². The number of carbonyl (C=O) groups excluding carboxylic acids is 1. The minimum Gasteiger partial charge on any atom is -0.339 e. The van der Waals surface area contributed by atoms with Gasteiger partial charge in [-0.05, 0) is 26.1 Å². The van der Waals surface area contributed by atoms with Crippen molar-refractivity contribution in [2.75, 3.05) is 27.2 Å². The van der Waals surface area contributed by atoms with Crippen LogP contribution in [0.25, 0.3) is 0 Å². The topological polar surface area (TPSA) is 45.6 Å². The first-order valence-corrected chi connectivity index (χ1v) is 7.85. The molecule has 0 radical (unpaired) electrons. The largest absolute Gasteiger partial charge is 0.417 e. The van der Waals surface area contributed by atoms with Crippen LogP contribution in [0.5, 0.6) is 0 Å². The maximum Gasteiger partial charge on any atom is 0.417 e. The van der Waals surface area contributed by atoms with E-state index in [9.17, 15) is 22.8 Å². The van der Waals surface area contributed by atoms with Gasteiger partial charge in [-0.2, -0.15) is 13.2 Å². The fraction of sp³-hybridized carbons (Fsp3) is 0.625. The molecule has 2 rings (SSSR count). The van der Waals surface area contributed by atoms with Crippen LogP contribution in [0.4, 0.5) is 13.2 Å². The second kappa shape index (κ2) is 6.96. The third-order valence-electron chi connectivity index (χ3n) is 4.56. The number of carbonyl (C=O) groups is 1. The molecule has 1 amide bonds. The lowest BCUT2D eigenvalue weighted by Gasteiger charge is -2.23. The molecule has 0 aliphatic carbocycles. The quantitative estimate of drug-likeness (QED) is 0.834.